The third-order valence-electron chi connectivity index (χ3n) is 5.20. The van der Waals surface area contributed by atoms with Crippen LogP contribution < -0.4 is 9.47 Å². The van der Waals surface area contributed by atoms with Crippen LogP contribution in [0.4, 0.5) is 0 Å². The standard InChI is InChI=1S/C27H22ClNO5/c1-16(2)18-9-11-19(12-10-18)25-29-22(27(31)34-25)14-17-13-21(28)24(23(15-17)32-3)33-26(30)20-7-5-4-6-8-20/h4-16H,1-3H3/b22-14-. The van der Waals surface area contributed by atoms with E-state index in [0.29, 0.717) is 22.6 Å². The van der Waals surface area contributed by atoms with Crippen LogP contribution in [0.1, 0.15) is 46.8 Å². The molecule has 3 aromatic carbocycles. The molecule has 0 radical (unpaired) electrons. The minimum Gasteiger partial charge on any atom is -0.493 e. The lowest BCUT2D eigenvalue weighted by molar-refractivity contribution is -0.129. The number of hydrogen-bond donors (Lipinski definition) is 0. The Balaban J connectivity index is 1.60. The summed E-state index contributed by atoms with van der Waals surface area (Å²) in [4.78, 5) is 29.2. The summed E-state index contributed by atoms with van der Waals surface area (Å²) in [5.41, 5.74) is 2.92. The highest BCUT2D eigenvalue weighted by molar-refractivity contribution is 6.32. The normalized spacial score (nSPS) is 14.2. The van der Waals surface area contributed by atoms with Crippen molar-refractivity contribution < 1.29 is 23.8 Å². The Labute approximate surface area is 202 Å². The molecule has 0 aliphatic carbocycles. The summed E-state index contributed by atoms with van der Waals surface area (Å²) in [6, 6.07) is 19.4. The van der Waals surface area contributed by atoms with Gasteiger partial charge in [0.25, 0.3) is 0 Å². The van der Waals surface area contributed by atoms with Crippen molar-refractivity contribution in [2.75, 3.05) is 7.11 Å². The van der Waals surface area contributed by atoms with Crippen LogP contribution in [-0.2, 0) is 9.53 Å². The number of carbonyl (C=O) groups is 2. The van der Waals surface area contributed by atoms with Gasteiger partial charge in [-0.2, -0.15) is 0 Å². The average molecular weight is 476 g/mol. The zero-order chi connectivity index (χ0) is 24.2. The molecule has 1 aliphatic rings. The van der Waals surface area contributed by atoms with Gasteiger partial charge >= 0.3 is 11.9 Å². The van der Waals surface area contributed by atoms with E-state index in [-0.39, 0.29) is 28.1 Å². The first kappa shape index (κ1) is 23.3. The van der Waals surface area contributed by atoms with Crippen molar-refractivity contribution in [1.82, 2.24) is 0 Å². The molecule has 0 saturated carbocycles. The first-order valence-electron chi connectivity index (χ1n) is 10.6. The number of carbonyl (C=O) groups excluding carboxylic acids is 2. The van der Waals surface area contributed by atoms with Crippen molar-refractivity contribution in [3.8, 4) is 11.5 Å². The van der Waals surface area contributed by atoms with Gasteiger partial charge in [0, 0.05) is 5.56 Å². The number of methoxy groups -OCH3 is 1. The van der Waals surface area contributed by atoms with E-state index in [4.69, 9.17) is 25.8 Å². The summed E-state index contributed by atoms with van der Waals surface area (Å²) in [6.45, 7) is 4.21. The summed E-state index contributed by atoms with van der Waals surface area (Å²) in [7, 11) is 1.43. The summed E-state index contributed by atoms with van der Waals surface area (Å²) in [5.74, 6) is -0.182. The van der Waals surface area contributed by atoms with E-state index < -0.39 is 11.9 Å². The van der Waals surface area contributed by atoms with E-state index in [1.165, 1.54) is 18.7 Å². The molecule has 0 saturated heterocycles. The fourth-order valence-corrected chi connectivity index (χ4v) is 3.61. The molecule has 0 fully saturated rings. The number of hydrogen-bond acceptors (Lipinski definition) is 6. The fourth-order valence-electron chi connectivity index (χ4n) is 3.35. The first-order chi connectivity index (χ1) is 16.4. The molecule has 0 bridgehead atoms. The Hall–Kier alpha value is -3.90. The zero-order valence-corrected chi connectivity index (χ0v) is 19.6. The van der Waals surface area contributed by atoms with Gasteiger partial charge in [0.15, 0.2) is 17.2 Å². The van der Waals surface area contributed by atoms with Crippen molar-refractivity contribution in [2.24, 2.45) is 4.99 Å². The van der Waals surface area contributed by atoms with Crippen LogP contribution >= 0.6 is 11.6 Å². The van der Waals surface area contributed by atoms with E-state index in [2.05, 4.69) is 18.8 Å². The summed E-state index contributed by atoms with van der Waals surface area (Å²) in [6.07, 6.45) is 1.54. The van der Waals surface area contributed by atoms with E-state index in [9.17, 15) is 9.59 Å². The van der Waals surface area contributed by atoms with Gasteiger partial charge in [0.2, 0.25) is 5.90 Å². The van der Waals surface area contributed by atoms with Crippen LogP contribution in [0.3, 0.4) is 0 Å². The zero-order valence-electron chi connectivity index (χ0n) is 18.9. The van der Waals surface area contributed by atoms with Crippen LogP contribution in [-0.4, -0.2) is 24.9 Å². The molecule has 0 aromatic heterocycles. The second-order valence-corrected chi connectivity index (χ2v) is 8.31. The lowest BCUT2D eigenvalue weighted by Gasteiger charge is -2.12. The van der Waals surface area contributed by atoms with E-state index >= 15 is 0 Å². The number of nitrogens with zero attached hydrogens (tertiary/aromatic N) is 1. The molecule has 0 unspecified atom stereocenters. The van der Waals surface area contributed by atoms with Crippen molar-refractivity contribution >= 4 is 35.5 Å². The molecule has 1 heterocycles. The molecule has 34 heavy (non-hydrogen) atoms. The molecule has 3 aromatic rings. The lowest BCUT2D eigenvalue weighted by atomic mass is 10.0. The van der Waals surface area contributed by atoms with Gasteiger partial charge < -0.3 is 14.2 Å². The second-order valence-electron chi connectivity index (χ2n) is 7.90. The van der Waals surface area contributed by atoms with Crippen molar-refractivity contribution in [3.05, 3.63) is 99.7 Å². The molecular weight excluding hydrogens is 454 g/mol. The lowest BCUT2D eigenvalue weighted by Crippen LogP contribution is -2.09. The molecule has 0 spiro atoms. The maximum Gasteiger partial charge on any atom is 0.363 e. The molecule has 0 N–H and O–H groups in total. The monoisotopic (exact) mass is 475 g/mol. The van der Waals surface area contributed by atoms with Gasteiger partial charge in [-0.3, -0.25) is 0 Å². The Kier molecular flexibility index (Phi) is 6.80. The number of benzene rings is 3. The number of esters is 2. The highest BCUT2D eigenvalue weighted by atomic mass is 35.5. The van der Waals surface area contributed by atoms with Crippen LogP contribution in [0, 0.1) is 0 Å². The van der Waals surface area contributed by atoms with Gasteiger partial charge in [-0.25, -0.2) is 14.6 Å². The number of rotatable bonds is 6. The molecule has 6 nitrogen and oxygen atoms in total. The topological polar surface area (TPSA) is 74.2 Å². The number of ether oxygens (including phenoxy) is 3. The smallest absolute Gasteiger partial charge is 0.363 e. The quantitative estimate of drug-likeness (QED) is 0.247. The Morgan fingerprint density at radius 3 is 2.41 bits per heavy atom. The SMILES string of the molecule is COc1cc(/C=C2\N=C(c3ccc(C(C)C)cc3)OC2=O)cc(Cl)c1OC(=O)c1ccccc1. The Bertz CT molecular complexity index is 1290. The molecule has 1 aliphatic heterocycles. The van der Waals surface area contributed by atoms with E-state index in [0.717, 1.165) is 0 Å². The first-order valence-corrected chi connectivity index (χ1v) is 11.0. The number of cyclic esters (lactones) is 1. The van der Waals surface area contributed by atoms with Gasteiger partial charge in [0.05, 0.1) is 17.7 Å². The van der Waals surface area contributed by atoms with Crippen molar-refractivity contribution in [1.29, 1.82) is 0 Å². The van der Waals surface area contributed by atoms with Crippen LogP contribution in [0.25, 0.3) is 6.08 Å². The van der Waals surface area contributed by atoms with Gasteiger partial charge in [-0.05, 0) is 59.5 Å². The van der Waals surface area contributed by atoms with Gasteiger partial charge in [-0.15, -0.1) is 0 Å². The summed E-state index contributed by atoms with van der Waals surface area (Å²) in [5, 5.41) is 0.148. The van der Waals surface area contributed by atoms with E-state index in [1.54, 1.807) is 42.5 Å². The van der Waals surface area contributed by atoms with Crippen molar-refractivity contribution in [2.45, 2.75) is 19.8 Å². The fraction of sp³-hybridized carbons (Fsp3) is 0.148. The van der Waals surface area contributed by atoms with Crippen LogP contribution in [0.2, 0.25) is 5.02 Å². The molecular formula is C27H22ClNO5. The molecule has 0 atom stereocenters. The maximum absolute atomic E-state index is 12.4. The average Bonchev–Trinajstić information content (AvgIpc) is 3.21. The van der Waals surface area contributed by atoms with E-state index in [1.807, 2.05) is 24.3 Å². The van der Waals surface area contributed by atoms with Crippen LogP contribution in [0.5, 0.6) is 11.5 Å². The third kappa shape index (κ3) is 5.02. The highest BCUT2D eigenvalue weighted by Crippen LogP contribution is 2.38. The van der Waals surface area contributed by atoms with Gasteiger partial charge in [0.1, 0.15) is 0 Å². The summed E-state index contributed by atoms with van der Waals surface area (Å²) < 4.78 is 16.2. The van der Waals surface area contributed by atoms with Gasteiger partial charge in [-0.1, -0.05) is 55.8 Å². The largest absolute Gasteiger partial charge is 0.493 e. The Morgan fingerprint density at radius 2 is 1.76 bits per heavy atom. The predicted molar refractivity (Wildman–Crippen MR) is 131 cm³/mol. The van der Waals surface area contributed by atoms with Crippen LogP contribution in [0.15, 0.2) is 77.4 Å². The molecule has 7 heteroatoms. The minimum atomic E-state index is -0.572. The molecule has 172 valence electrons. The van der Waals surface area contributed by atoms with Crippen molar-refractivity contribution in [3.63, 3.8) is 0 Å². The number of halogens is 1. The molecule has 0 amide bonds. The summed E-state index contributed by atoms with van der Waals surface area (Å²) >= 11 is 6.39. The third-order valence-corrected chi connectivity index (χ3v) is 5.48. The second kappa shape index (κ2) is 9.93. The maximum atomic E-state index is 12.4. The number of aliphatic imine (C=N–C) groups is 1. The predicted octanol–water partition coefficient (Wildman–Crippen LogP) is 6.04. The molecule has 4 rings (SSSR count). The highest BCUT2D eigenvalue weighted by Gasteiger charge is 2.25. The Morgan fingerprint density at radius 1 is 1.06 bits per heavy atom. The minimum absolute atomic E-state index is 0.0867.